The Bertz CT molecular complexity index is 824. The Labute approximate surface area is 130 Å². The molecule has 0 atom stereocenters. The standard InChI is InChI=1S/C19H18N3/c1-16-6-2-3-8-18(16)13-21-10-11-22(15-21)14-19-9-5-4-7-17(19)12-20/h2-11,15H,13-14H2,1H3/q+1. The van der Waals surface area contributed by atoms with Crippen molar-refractivity contribution >= 4 is 0 Å². The van der Waals surface area contributed by atoms with Gasteiger partial charge in [-0.1, -0.05) is 42.5 Å². The zero-order valence-corrected chi connectivity index (χ0v) is 12.6. The van der Waals surface area contributed by atoms with E-state index in [0.29, 0.717) is 6.54 Å². The van der Waals surface area contributed by atoms with Gasteiger partial charge in [0, 0.05) is 5.56 Å². The molecule has 3 aromatic rings. The van der Waals surface area contributed by atoms with Crippen LogP contribution in [0.15, 0.2) is 67.3 Å². The van der Waals surface area contributed by atoms with Crippen LogP contribution >= 0.6 is 0 Å². The minimum atomic E-state index is 0.713. The first kappa shape index (κ1) is 14.1. The van der Waals surface area contributed by atoms with Gasteiger partial charge in [-0.05, 0) is 24.1 Å². The first-order valence-electron chi connectivity index (χ1n) is 7.33. The Morgan fingerprint density at radius 2 is 1.77 bits per heavy atom. The van der Waals surface area contributed by atoms with Gasteiger partial charge in [0.2, 0.25) is 6.33 Å². The molecule has 0 aliphatic heterocycles. The summed E-state index contributed by atoms with van der Waals surface area (Å²) in [5.41, 5.74) is 4.41. The van der Waals surface area contributed by atoms with E-state index in [9.17, 15) is 0 Å². The number of nitrogens with zero attached hydrogens (tertiary/aromatic N) is 3. The molecule has 3 heteroatoms. The summed E-state index contributed by atoms with van der Waals surface area (Å²) in [6.07, 6.45) is 6.20. The summed E-state index contributed by atoms with van der Waals surface area (Å²) in [6, 6.07) is 18.4. The molecular weight excluding hydrogens is 270 g/mol. The molecule has 22 heavy (non-hydrogen) atoms. The van der Waals surface area contributed by atoms with E-state index in [2.05, 4.69) is 58.9 Å². The number of hydrogen-bond acceptors (Lipinski definition) is 1. The molecule has 0 radical (unpaired) electrons. The van der Waals surface area contributed by atoms with Crippen molar-refractivity contribution < 1.29 is 4.57 Å². The van der Waals surface area contributed by atoms with Gasteiger partial charge in [-0.15, -0.1) is 0 Å². The van der Waals surface area contributed by atoms with E-state index >= 15 is 0 Å². The maximum absolute atomic E-state index is 9.16. The number of benzene rings is 2. The zero-order valence-electron chi connectivity index (χ0n) is 12.6. The molecule has 0 aliphatic carbocycles. The summed E-state index contributed by atoms with van der Waals surface area (Å²) in [5.74, 6) is 0. The van der Waals surface area contributed by atoms with E-state index in [0.717, 1.165) is 17.7 Å². The van der Waals surface area contributed by atoms with Crippen molar-refractivity contribution in [2.45, 2.75) is 20.0 Å². The molecule has 2 aromatic carbocycles. The molecule has 0 aliphatic rings. The van der Waals surface area contributed by atoms with E-state index < -0.39 is 0 Å². The minimum Gasteiger partial charge on any atom is -0.233 e. The van der Waals surface area contributed by atoms with Crippen molar-refractivity contribution in [3.8, 4) is 6.07 Å². The topological polar surface area (TPSA) is 32.6 Å². The smallest absolute Gasteiger partial charge is 0.233 e. The van der Waals surface area contributed by atoms with Gasteiger partial charge in [0.15, 0.2) is 0 Å². The number of nitriles is 1. The Kier molecular flexibility index (Phi) is 4.02. The van der Waals surface area contributed by atoms with Gasteiger partial charge in [-0.3, -0.25) is 0 Å². The fourth-order valence-corrected chi connectivity index (χ4v) is 2.57. The minimum absolute atomic E-state index is 0.713. The van der Waals surface area contributed by atoms with Crippen LogP contribution in [0.5, 0.6) is 0 Å². The van der Waals surface area contributed by atoms with Crippen LogP contribution in [0, 0.1) is 18.3 Å². The maximum atomic E-state index is 9.16. The van der Waals surface area contributed by atoms with Gasteiger partial charge in [0.05, 0.1) is 11.6 Å². The highest BCUT2D eigenvalue weighted by atomic mass is 15.1. The van der Waals surface area contributed by atoms with Crippen molar-refractivity contribution in [2.24, 2.45) is 0 Å². The van der Waals surface area contributed by atoms with Gasteiger partial charge in [-0.25, -0.2) is 9.13 Å². The van der Waals surface area contributed by atoms with Crippen LogP contribution in [0.1, 0.15) is 22.3 Å². The summed E-state index contributed by atoms with van der Waals surface area (Å²) in [7, 11) is 0. The van der Waals surface area contributed by atoms with Crippen LogP contribution in [-0.2, 0) is 13.1 Å². The van der Waals surface area contributed by atoms with Crippen LogP contribution in [0.4, 0.5) is 0 Å². The third-order valence-electron chi connectivity index (χ3n) is 3.85. The average Bonchev–Trinajstić information content (AvgIpc) is 2.97. The quantitative estimate of drug-likeness (QED) is 0.679. The fraction of sp³-hybridized carbons (Fsp3) is 0.158. The molecule has 0 unspecified atom stereocenters. The lowest BCUT2D eigenvalue weighted by molar-refractivity contribution is -0.687. The molecule has 1 aromatic heterocycles. The van der Waals surface area contributed by atoms with Crippen LogP contribution < -0.4 is 4.57 Å². The lowest BCUT2D eigenvalue weighted by Gasteiger charge is -2.02. The highest BCUT2D eigenvalue weighted by molar-refractivity contribution is 5.36. The summed E-state index contributed by atoms with van der Waals surface area (Å²) >= 11 is 0. The van der Waals surface area contributed by atoms with E-state index in [1.54, 1.807) is 0 Å². The Hall–Kier alpha value is -2.86. The third-order valence-corrected chi connectivity index (χ3v) is 3.85. The molecule has 0 amide bonds. The van der Waals surface area contributed by atoms with Crippen LogP contribution in [0.25, 0.3) is 0 Å². The Morgan fingerprint density at radius 1 is 1.05 bits per heavy atom. The largest absolute Gasteiger partial charge is 0.244 e. The van der Waals surface area contributed by atoms with E-state index in [1.165, 1.54) is 11.1 Å². The monoisotopic (exact) mass is 288 g/mol. The summed E-state index contributed by atoms with van der Waals surface area (Å²) in [4.78, 5) is 0. The summed E-state index contributed by atoms with van der Waals surface area (Å²) in [6.45, 7) is 3.71. The second-order valence-electron chi connectivity index (χ2n) is 5.45. The highest BCUT2D eigenvalue weighted by Gasteiger charge is 2.09. The van der Waals surface area contributed by atoms with E-state index in [4.69, 9.17) is 5.26 Å². The van der Waals surface area contributed by atoms with Crippen molar-refractivity contribution in [3.63, 3.8) is 0 Å². The first-order valence-corrected chi connectivity index (χ1v) is 7.33. The zero-order chi connectivity index (χ0) is 15.4. The molecule has 3 nitrogen and oxygen atoms in total. The molecule has 1 heterocycles. The number of imidazole rings is 1. The predicted octanol–water partition coefficient (Wildman–Crippen LogP) is 3.05. The number of aryl methyl sites for hydroxylation is 1. The van der Waals surface area contributed by atoms with E-state index in [-0.39, 0.29) is 0 Å². The predicted molar refractivity (Wildman–Crippen MR) is 85.2 cm³/mol. The lowest BCUT2D eigenvalue weighted by atomic mass is 10.1. The second-order valence-corrected chi connectivity index (χ2v) is 5.45. The van der Waals surface area contributed by atoms with Crippen molar-refractivity contribution in [2.75, 3.05) is 0 Å². The van der Waals surface area contributed by atoms with Crippen LogP contribution in [0.3, 0.4) is 0 Å². The highest BCUT2D eigenvalue weighted by Crippen LogP contribution is 2.09. The maximum Gasteiger partial charge on any atom is 0.244 e. The fourth-order valence-electron chi connectivity index (χ4n) is 2.57. The van der Waals surface area contributed by atoms with Gasteiger partial charge >= 0.3 is 0 Å². The molecule has 0 saturated carbocycles. The lowest BCUT2D eigenvalue weighted by Crippen LogP contribution is -2.32. The normalized spacial score (nSPS) is 10.4. The molecular formula is C19H18N3+. The second kappa shape index (κ2) is 6.28. The van der Waals surface area contributed by atoms with Gasteiger partial charge in [0.25, 0.3) is 0 Å². The molecule has 0 saturated heterocycles. The van der Waals surface area contributed by atoms with Crippen LogP contribution in [-0.4, -0.2) is 4.57 Å². The number of rotatable bonds is 4. The van der Waals surface area contributed by atoms with Crippen molar-refractivity contribution in [1.29, 1.82) is 5.26 Å². The van der Waals surface area contributed by atoms with Gasteiger partial charge in [0.1, 0.15) is 25.5 Å². The molecule has 3 rings (SSSR count). The van der Waals surface area contributed by atoms with E-state index in [1.807, 2.05) is 30.5 Å². The molecule has 0 spiro atoms. The Balaban J connectivity index is 1.77. The molecule has 108 valence electrons. The van der Waals surface area contributed by atoms with Crippen molar-refractivity contribution in [3.05, 3.63) is 89.5 Å². The van der Waals surface area contributed by atoms with Crippen LogP contribution in [0.2, 0.25) is 0 Å². The molecule has 0 bridgehead atoms. The molecule has 0 N–H and O–H groups in total. The molecule has 0 fully saturated rings. The number of aromatic nitrogens is 2. The Morgan fingerprint density at radius 3 is 2.55 bits per heavy atom. The average molecular weight is 288 g/mol. The van der Waals surface area contributed by atoms with Crippen molar-refractivity contribution in [1.82, 2.24) is 4.57 Å². The SMILES string of the molecule is Cc1ccccc1Cn1cc[n+](Cc2ccccc2C#N)c1. The third kappa shape index (κ3) is 3.07. The van der Waals surface area contributed by atoms with Gasteiger partial charge in [-0.2, -0.15) is 5.26 Å². The van der Waals surface area contributed by atoms with Gasteiger partial charge < -0.3 is 0 Å². The summed E-state index contributed by atoms with van der Waals surface area (Å²) < 4.78 is 4.27. The number of hydrogen-bond donors (Lipinski definition) is 0. The first-order chi connectivity index (χ1) is 10.8. The summed E-state index contributed by atoms with van der Waals surface area (Å²) in [5, 5.41) is 9.16.